The summed E-state index contributed by atoms with van der Waals surface area (Å²) in [6.07, 6.45) is -3.46. The van der Waals surface area contributed by atoms with Crippen molar-refractivity contribution in [3.05, 3.63) is 59.7 Å². The number of likely N-dealkylation sites (tertiary alicyclic amines) is 1. The zero-order chi connectivity index (χ0) is 61.3. The van der Waals surface area contributed by atoms with Crippen LogP contribution < -0.4 is 60.2 Å². The maximum absolute atomic E-state index is 14.2. The molecule has 2 aromatic rings. The molecule has 448 valence electrons. The SMILES string of the molecule is CC(=O)O.CCC(C)C(N)C(=O)NC(Cc1ccc(O)cc1)C(=O)N1CCCC1C(=O)NC(C(=O)NC(CC(N)=O)C(=O)NCC(=O)NC(Cc1ccc(O)cc1)C(=O)NC(C(=O)NC(CCCN=C(N)N)C(=O)O)C(C)O)C(C)O. The number of amides is 9. The fourth-order valence-electron chi connectivity index (χ4n) is 7.97. The van der Waals surface area contributed by atoms with E-state index in [0.29, 0.717) is 24.0 Å². The molecule has 0 aromatic heterocycles. The van der Waals surface area contributed by atoms with Gasteiger partial charge in [-0.1, -0.05) is 44.5 Å². The number of guanidine groups is 1. The number of nitrogens with zero attached hydrogens (tertiary/aromatic N) is 2. The number of aliphatic imine (C=N–C) groups is 1. The van der Waals surface area contributed by atoms with Gasteiger partial charge in [-0.15, -0.1) is 0 Å². The number of phenols is 2. The predicted molar refractivity (Wildman–Crippen MR) is 288 cm³/mol. The third kappa shape index (κ3) is 24.1. The third-order valence-electron chi connectivity index (χ3n) is 12.6. The van der Waals surface area contributed by atoms with Gasteiger partial charge in [0, 0.05) is 32.9 Å². The van der Waals surface area contributed by atoms with E-state index in [1.807, 2.05) is 6.92 Å². The molecule has 11 atom stereocenters. The van der Waals surface area contributed by atoms with Crippen molar-refractivity contribution < 1.29 is 83.4 Å². The minimum atomic E-state index is -1.82. The van der Waals surface area contributed by atoms with E-state index < -0.39 is 139 Å². The van der Waals surface area contributed by atoms with Gasteiger partial charge >= 0.3 is 5.97 Å². The summed E-state index contributed by atoms with van der Waals surface area (Å²) >= 11 is 0. The third-order valence-corrected chi connectivity index (χ3v) is 12.6. The van der Waals surface area contributed by atoms with Crippen LogP contribution in [0.5, 0.6) is 11.5 Å². The lowest BCUT2D eigenvalue weighted by Crippen LogP contribution is -2.61. The average molecular weight is 1140 g/mol. The number of hydrogen-bond donors (Lipinski definition) is 17. The van der Waals surface area contributed by atoms with Crippen molar-refractivity contribution in [2.24, 2.45) is 33.8 Å². The zero-order valence-electron chi connectivity index (χ0n) is 45.6. The molecule has 0 aliphatic carbocycles. The first kappa shape index (κ1) is 68.5. The zero-order valence-corrected chi connectivity index (χ0v) is 45.6. The number of nitrogens with one attached hydrogen (secondary N) is 7. The molecule has 0 bridgehead atoms. The Bertz CT molecular complexity index is 2520. The molecule has 0 spiro atoms. The Morgan fingerprint density at radius 2 is 1.16 bits per heavy atom. The van der Waals surface area contributed by atoms with Crippen LogP contribution in [0.25, 0.3) is 0 Å². The summed E-state index contributed by atoms with van der Waals surface area (Å²) in [6, 6.07) is -0.499. The maximum Gasteiger partial charge on any atom is 0.326 e. The van der Waals surface area contributed by atoms with Gasteiger partial charge in [0.15, 0.2) is 5.96 Å². The van der Waals surface area contributed by atoms with E-state index in [9.17, 15) is 73.5 Å². The van der Waals surface area contributed by atoms with Gasteiger partial charge in [-0.3, -0.25) is 52.9 Å². The summed E-state index contributed by atoms with van der Waals surface area (Å²) in [6.45, 7) is 6.19. The fourth-order valence-corrected chi connectivity index (χ4v) is 7.97. The molecule has 2 aromatic carbocycles. The minimum Gasteiger partial charge on any atom is -0.508 e. The largest absolute Gasteiger partial charge is 0.508 e. The van der Waals surface area contributed by atoms with Gasteiger partial charge in [-0.05, 0) is 80.8 Å². The topological polar surface area (TPSA) is 513 Å². The van der Waals surface area contributed by atoms with E-state index in [1.165, 1.54) is 41.3 Å². The van der Waals surface area contributed by atoms with Gasteiger partial charge < -0.3 is 95.7 Å². The fraction of sp³-hybridized carbons (Fsp3) is 0.529. The number of carboxylic acid groups (broad SMARTS) is 2. The molecule has 1 saturated heterocycles. The molecular weight excluding hydrogens is 1070 g/mol. The first-order valence-corrected chi connectivity index (χ1v) is 25.8. The van der Waals surface area contributed by atoms with E-state index in [-0.39, 0.29) is 68.6 Å². The van der Waals surface area contributed by atoms with Crippen LogP contribution in [-0.4, -0.2) is 187 Å². The molecule has 1 aliphatic rings. The smallest absolute Gasteiger partial charge is 0.326 e. The molecule has 81 heavy (non-hydrogen) atoms. The van der Waals surface area contributed by atoms with Crippen LogP contribution in [0.1, 0.15) is 84.3 Å². The Morgan fingerprint density at radius 1 is 0.667 bits per heavy atom. The molecule has 1 heterocycles. The lowest BCUT2D eigenvalue weighted by atomic mass is 9.98. The maximum atomic E-state index is 14.2. The molecule has 30 nitrogen and oxygen atoms in total. The Balaban J connectivity index is 0.00000541. The number of hydrogen-bond acceptors (Lipinski definition) is 17. The molecule has 11 unspecified atom stereocenters. The second-order valence-corrected chi connectivity index (χ2v) is 19.3. The van der Waals surface area contributed by atoms with Crippen LogP contribution in [0.2, 0.25) is 0 Å². The quantitative estimate of drug-likeness (QED) is 0.0198. The monoisotopic (exact) mass is 1140 g/mol. The van der Waals surface area contributed by atoms with E-state index in [2.05, 4.69) is 42.2 Å². The highest BCUT2D eigenvalue weighted by Crippen LogP contribution is 2.22. The van der Waals surface area contributed by atoms with Crippen LogP contribution in [0.15, 0.2) is 53.5 Å². The molecule has 3 rings (SSSR count). The van der Waals surface area contributed by atoms with Crippen LogP contribution >= 0.6 is 0 Å². The van der Waals surface area contributed by atoms with E-state index in [1.54, 1.807) is 19.1 Å². The van der Waals surface area contributed by atoms with Crippen molar-refractivity contribution in [2.75, 3.05) is 19.6 Å². The predicted octanol–water partition coefficient (Wildman–Crippen LogP) is -4.86. The van der Waals surface area contributed by atoms with Gasteiger partial charge in [0.2, 0.25) is 53.2 Å². The Morgan fingerprint density at radius 3 is 1.64 bits per heavy atom. The lowest BCUT2D eigenvalue weighted by molar-refractivity contribution is -0.143. The van der Waals surface area contributed by atoms with Crippen LogP contribution in [0.3, 0.4) is 0 Å². The van der Waals surface area contributed by atoms with Crippen molar-refractivity contribution in [2.45, 2.75) is 147 Å². The molecule has 21 N–H and O–H groups in total. The second-order valence-electron chi connectivity index (χ2n) is 19.3. The van der Waals surface area contributed by atoms with Gasteiger partial charge in [0.05, 0.1) is 31.2 Å². The van der Waals surface area contributed by atoms with Crippen LogP contribution in [0, 0.1) is 5.92 Å². The number of carbonyl (C=O) groups excluding carboxylic acids is 9. The van der Waals surface area contributed by atoms with Crippen molar-refractivity contribution >= 4 is 71.1 Å². The summed E-state index contributed by atoms with van der Waals surface area (Å²) in [5, 5.41) is 74.5. The highest BCUT2D eigenvalue weighted by atomic mass is 16.4. The van der Waals surface area contributed by atoms with Crippen LogP contribution in [0.4, 0.5) is 0 Å². The Kier molecular flexibility index (Phi) is 28.5. The number of rotatable bonds is 30. The molecule has 0 radical (unpaired) electrons. The number of aliphatic hydroxyl groups excluding tert-OH is 2. The minimum absolute atomic E-state index is 0.0324. The first-order chi connectivity index (χ1) is 37.9. The molecule has 30 heteroatoms. The van der Waals surface area contributed by atoms with E-state index in [4.69, 9.17) is 32.8 Å². The van der Waals surface area contributed by atoms with Crippen molar-refractivity contribution in [1.29, 1.82) is 0 Å². The number of aliphatic hydroxyl groups is 2. The highest BCUT2D eigenvalue weighted by Gasteiger charge is 2.41. The summed E-state index contributed by atoms with van der Waals surface area (Å²) in [7, 11) is 0. The van der Waals surface area contributed by atoms with Crippen molar-refractivity contribution in [3.8, 4) is 11.5 Å². The Labute approximate surface area is 466 Å². The van der Waals surface area contributed by atoms with Gasteiger partial charge in [-0.2, -0.15) is 0 Å². The van der Waals surface area contributed by atoms with Crippen LogP contribution in [-0.2, 0) is 65.6 Å². The molecule has 1 aliphatic heterocycles. The number of carbonyl (C=O) groups is 11. The van der Waals surface area contributed by atoms with E-state index in [0.717, 1.165) is 20.8 Å². The van der Waals surface area contributed by atoms with E-state index >= 15 is 0 Å². The molecular formula is C51H77N13O17. The molecule has 9 amide bonds. The van der Waals surface area contributed by atoms with Gasteiger partial charge in [-0.25, -0.2) is 4.79 Å². The van der Waals surface area contributed by atoms with Crippen molar-refractivity contribution in [3.63, 3.8) is 0 Å². The number of primary amides is 1. The number of benzene rings is 2. The average Bonchev–Trinajstić information content (AvgIpc) is 3.96. The molecule has 0 saturated carbocycles. The summed E-state index contributed by atoms with van der Waals surface area (Å²) in [5.41, 5.74) is 23.1. The highest BCUT2D eigenvalue weighted by molar-refractivity contribution is 5.99. The first-order valence-electron chi connectivity index (χ1n) is 25.8. The van der Waals surface area contributed by atoms with Gasteiger partial charge in [0.1, 0.15) is 53.8 Å². The number of phenolic OH excluding ortho intramolecular Hbond substituents is 2. The number of aromatic hydroxyl groups is 2. The van der Waals surface area contributed by atoms with Gasteiger partial charge in [0.25, 0.3) is 5.97 Å². The second kappa shape index (κ2) is 33.7. The number of aliphatic carboxylic acids is 2. The lowest BCUT2D eigenvalue weighted by Gasteiger charge is -2.31. The normalized spacial score (nSPS) is 16.4. The summed E-state index contributed by atoms with van der Waals surface area (Å²) in [4.78, 5) is 147. The number of carboxylic acids is 2. The summed E-state index contributed by atoms with van der Waals surface area (Å²) in [5.74, 6) is -11.7. The molecule has 1 fully saturated rings. The summed E-state index contributed by atoms with van der Waals surface area (Å²) < 4.78 is 0. The Hall–Kier alpha value is -8.64. The standard InChI is InChI=1S/C49H73N13O15.C2H4O2/c1-5-24(2)38(51)44(72)59-34(21-28-12-16-30(66)17-13-28)47(75)62-19-7-9-35(62)43(71)61-40(26(4)64)46(74)58-33(22-36(50)67)41(69)55-23-37(68)56-32(20-27-10-14-29(65)15-11-27)42(70)60-39(25(3)63)45(73)57-31(48(76)77)8-6-18-54-49(52)53;1-2(3)4/h10-17,24-26,31-35,38-40,63-66H,5-9,18-23,51H2,1-4H3,(H2,50,67)(H,55,69)(H,56,68)(H,57,73)(H,58,74)(H,59,72)(H,60,70)(H,61,71)(H,76,77)(H4,52,53,54);1H3,(H,3,4). The number of nitrogens with two attached hydrogens (primary N) is 4. The van der Waals surface area contributed by atoms with Crippen molar-refractivity contribution in [1.82, 2.24) is 42.1 Å².